The van der Waals surface area contributed by atoms with Crippen molar-refractivity contribution in [3.05, 3.63) is 17.2 Å². The molecule has 0 unspecified atom stereocenters. The first-order chi connectivity index (χ1) is 8.72. The number of hydrogen-bond acceptors (Lipinski definition) is 6. The average molecular weight is 286 g/mol. The largest absolute Gasteiger partial charge is 0.409 e. The molecule has 1 aromatic heterocycles. The van der Waals surface area contributed by atoms with Gasteiger partial charge in [-0.25, -0.2) is 0 Å². The molecular weight excluding hydrogens is 274 g/mol. The molecule has 2 rings (SSSR count). The van der Waals surface area contributed by atoms with Crippen LogP contribution < -0.4 is 11.1 Å². The number of oxime groups is 1. The molecule has 2 aromatic rings. The molecule has 1 heterocycles. The summed E-state index contributed by atoms with van der Waals surface area (Å²) in [5, 5.41) is 15.1. The van der Waals surface area contributed by atoms with Crippen LogP contribution in [0.1, 0.15) is 12.8 Å². The maximum absolute atomic E-state index is 8.41. The lowest BCUT2D eigenvalue weighted by molar-refractivity contribution is 0.316. The molecular formula is C10H12ClN5OS. The summed E-state index contributed by atoms with van der Waals surface area (Å²) in [7, 11) is 0. The quantitative estimate of drug-likeness (QED) is 0.257. The zero-order chi connectivity index (χ0) is 13.0. The van der Waals surface area contributed by atoms with Crippen LogP contribution in [0.3, 0.4) is 0 Å². The number of nitrogens with zero attached hydrogens (tertiary/aromatic N) is 3. The Morgan fingerprint density at radius 2 is 2.33 bits per heavy atom. The summed E-state index contributed by atoms with van der Waals surface area (Å²) in [6, 6.07) is 3.62. The summed E-state index contributed by atoms with van der Waals surface area (Å²) < 4.78 is 8.35. The molecule has 1 aromatic carbocycles. The SMILES string of the molecule is NC(CCCNc1c(Cl)ccc2nsnc12)=NO. The van der Waals surface area contributed by atoms with E-state index in [1.807, 2.05) is 6.07 Å². The number of nitrogens with two attached hydrogens (primary N) is 1. The van der Waals surface area contributed by atoms with Crippen molar-refractivity contribution in [1.29, 1.82) is 0 Å². The van der Waals surface area contributed by atoms with Crippen molar-refractivity contribution in [2.24, 2.45) is 10.9 Å². The molecule has 0 aliphatic carbocycles. The molecule has 96 valence electrons. The predicted molar refractivity (Wildman–Crippen MR) is 73.6 cm³/mol. The summed E-state index contributed by atoms with van der Waals surface area (Å²) in [4.78, 5) is 0. The molecule has 0 bridgehead atoms. The Morgan fingerprint density at radius 1 is 1.50 bits per heavy atom. The van der Waals surface area contributed by atoms with Crippen LogP contribution >= 0.6 is 23.3 Å². The zero-order valence-corrected chi connectivity index (χ0v) is 11.0. The number of hydrogen-bond donors (Lipinski definition) is 3. The van der Waals surface area contributed by atoms with Gasteiger partial charge in [-0.3, -0.25) is 0 Å². The molecule has 0 saturated carbocycles. The number of amidine groups is 1. The van der Waals surface area contributed by atoms with E-state index in [0.717, 1.165) is 34.9 Å². The van der Waals surface area contributed by atoms with Crippen LogP contribution in [0.2, 0.25) is 5.02 Å². The fourth-order valence-electron chi connectivity index (χ4n) is 1.53. The van der Waals surface area contributed by atoms with Crippen molar-refractivity contribution in [1.82, 2.24) is 8.75 Å². The minimum absolute atomic E-state index is 0.219. The van der Waals surface area contributed by atoms with E-state index in [1.54, 1.807) is 6.07 Å². The molecule has 0 aliphatic heterocycles. The molecule has 6 nitrogen and oxygen atoms in total. The van der Waals surface area contributed by atoms with Crippen LogP contribution in [-0.2, 0) is 0 Å². The number of halogens is 1. The van der Waals surface area contributed by atoms with E-state index < -0.39 is 0 Å². The molecule has 0 aliphatic rings. The van der Waals surface area contributed by atoms with Gasteiger partial charge in [-0.2, -0.15) is 8.75 Å². The maximum atomic E-state index is 8.41. The van der Waals surface area contributed by atoms with Gasteiger partial charge in [0.05, 0.1) is 22.4 Å². The van der Waals surface area contributed by atoms with Gasteiger partial charge in [0.2, 0.25) is 0 Å². The van der Waals surface area contributed by atoms with Gasteiger partial charge in [0.1, 0.15) is 16.9 Å². The molecule has 0 saturated heterocycles. The molecule has 0 fully saturated rings. The number of nitrogens with one attached hydrogen (secondary N) is 1. The molecule has 0 amide bonds. The Labute approximate surface area is 113 Å². The standard InChI is InChI=1S/C10H12ClN5OS/c11-6-3-4-7-10(16-18-15-7)9(6)13-5-1-2-8(12)14-17/h3-4,13,17H,1-2,5H2,(H2,12,14). The molecule has 4 N–H and O–H groups in total. The second-order valence-corrected chi connectivity index (χ2v) is 4.61. The summed E-state index contributed by atoms with van der Waals surface area (Å²) >= 11 is 7.27. The first-order valence-electron chi connectivity index (χ1n) is 5.33. The minimum atomic E-state index is 0.219. The lowest BCUT2D eigenvalue weighted by Gasteiger charge is -2.08. The van der Waals surface area contributed by atoms with E-state index in [-0.39, 0.29) is 5.84 Å². The van der Waals surface area contributed by atoms with Crippen molar-refractivity contribution in [2.45, 2.75) is 12.8 Å². The van der Waals surface area contributed by atoms with Crippen LogP contribution in [0.15, 0.2) is 17.3 Å². The Hall–Kier alpha value is -1.60. The lowest BCUT2D eigenvalue weighted by Crippen LogP contribution is -2.13. The van der Waals surface area contributed by atoms with Gasteiger partial charge >= 0.3 is 0 Å². The fourth-order valence-corrected chi connectivity index (χ4v) is 2.29. The summed E-state index contributed by atoms with van der Waals surface area (Å²) in [5.74, 6) is 0.219. The van der Waals surface area contributed by atoms with E-state index >= 15 is 0 Å². The second-order valence-electron chi connectivity index (χ2n) is 3.68. The van der Waals surface area contributed by atoms with E-state index in [2.05, 4.69) is 19.2 Å². The van der Waals surface area contributed by atoms with Gasteiger partial charge in [-0.1, -0.05) is 16.8 Å². The molecule has 0 atom stereocenters. The number of benzene rings is 1. The minimum Gasteiger partial charge on any atom is -0.409 e. The van der Waals surface area contributed by atoms with Crippen molar-refractivity contribution in [3.63, 3.8) is 0 Å². The van der Waals surface area contributed by atoms with Gasteiger partial charge in [-0.15, -0.1) is 0 Å². The smallest absolute Gasteiger partial charge is 0.139 e. The Morgan fingerprint density at radius 3 is 3.11 bits per heavy atom. The molecule has 18 heavy (non-hydrogen) atoms. The third kappa shape index (κ3) is 2.80. The molecule has 8 heteroatoms. The van der Waals surface area contributed by atoms with Gasteiger partial charge < -0.3 is 16.3 Å². The number of rotatable bonds is 5. The van der Waals surface area contributed by atoms with Gasteiger partial charge in [0.25, 0.3) is 0 Å². The Bertz CT molecular complexity index is 570. The van der Waals surface area contributed by atoms with E-state index in [0.29, 0.717) is 18.0 Å². The fraction of sp³-hybridized carbons (Fsp3) is 0.300. The summed E-state index contributed by atoms with van der Waals surface area (Å²) in [6.45, 7) is 0.659. The van der Waals surface area contributed by atoms with Gasteiger partial charge in [0.15, 0.2) is 0 Å². The van der Waals surface area contributed by atoms with Gasteiger partial charge in [0, 0.05) is 13.0 Å². The highest BCUT2D eigenvalue weighted by molar-refractivity contribution is 7.00. The number of aromatic nitrogens is 2. The average Bonchev–Trinajstić information content (AvgIpc) is 2.84. The molecule has 0 spiro atoms. The third-order valence-corrected chi connectivity index (χ3v) is 3.27. The number of anilines is 1. The topological polar surface area (TPSA) is 96.4 Å². The van der Waals surface area contributed by atoms with E-state index in [9.17, 15) is 0 Å². The number of fused-ring (bicyclic) bond motifs is 1. The van der Waals surface area contributed by atoms with Crippen LogP contribution in [0.4, 0.5) is 5.69 Å². The molecule has 0 radical (unpaired) electrons. The highest BCUT2D eigenvalue weighted by Gasteiger charge is 2.09. The van der Waals surface area contributed by atoms with Crippen molar-refractivity contribution < 1.29 is 5.21 Å². The Balaban J connectivity index is 2.03. The summed E-state index contributed by atoms with van der Waals surface area (Å²) in [5.41, 5.74) is 7.76. The van der Waals surface area contributed by atoms with Crippen LogP contribution in [0.5, 0.6) is 0 Å². The van der Waals surface area contributed by atoms with Crippen LogP contribution in [-0.4, -0.2) is 26.3 Å². The predicted octanol–water partition coefficient (Wildman–Crippen LogP) is 2.28. The monoisotopic (exact) mass is 285 g/mol. The third-order valence-electron chi connectivity index (χ3n) is 2.42. The van der Waals surface area contributed by atoms with Crippen LogP contribution in [0.25, 0.3) is 11.0 Å². The first-order valence-corrected chi connectivity index (χ1v) is 6.44. The zero-order valence-electron chi connectivity index (χ0n) is 9.43. The van der Waals surface area contributed by atoms with E-state index in [1.165, 1.54) is 0 Å². The lowest BCUT2D eigenvalue weighted by atomic mass is 10.2. The van der Waals surface area contributed by atoms with Crippen molar-refractivity contribution in [2.75, 3.05) is 11.9 Å². The highest BCUT2D eigenvalue weighted by atomic mass is 35.5. The second kappa shape index (κ2) is 5.83. The maximum Gasteiger partial charge on any atom is 0.139 e. The Kier molecular flexibility index (Phi) is 4.16. The van der Waals surface area contributed by atoms with Crippen molar-refractivity contribution in [3.8, 4) is 0 Å². The van der Waals surface area contributed by atoms with Crippen molar-refractivity contribution >= 4 is 45.9 Å². The van der Waals surface area contributed by atoms with Crippen LogP contribution in [0, 0.1) is 0 Å². The summed E-state index contributed by atoms with van der Waals surface area (Å²) in [6.07, 6.45) is 1.26. The first kappa shape index (κ1) is 12.8. The highest BCUT2D eigenvalue weighted by Crippen LogP contribution is 2.29. The normalized spacial score (nSPS) is 11.9. The van der Waals surface area contributed by atoms with E-state index in [4.69, 9.17) is 22.5 Å². The van der Waals surface area contributed by atoms with Gasteiger partial charge in [-0.05, 0) is 18.6 Å².